The van der Waals surface area contributed by atoms with Crippen molar-refractivity contribution in [2.75, 3.05) is 26.2 Å². The van der Waals surface area contributed by atoms with E-state index in [4.69, 9.17) is 0 Å². The zero-order chi connectivity index (χ0) is 22.5. The molecule has 1 amide bonds. The molecule has 3 aromatic carbocycles. The van der Waals surface area contributed by atoms with Gasteiger partial charge in [0.2, 0.25) is 10.0 Å². The summed E-state index contributed by atoms with van der Waals surface area (Å²) in [5, 5.41) is 2.19. The highest BCUT2D eigenvalue weighted by molar-refractivity contribution is 7.89. The lowest BCUT2D eigenvalue weighted by molar-refractivity contribution is 0.0700. The Bertz CT molecular complexity index is 1330. The van der Waals surface area contributed by atoms with Crippen molar-refractivity contribution < 1.29 is 18.0 Å². The summed E-state index contributed by atoms with van der Waals surface area (Å²) in [4.78, 5) is 26.7. The number of hydrogen-bond donors (Lipinski definition) is 0. The Hall–Kier alpha value is -3.03. The summed E-state index contributed by atoms with van der Waals surface area (Å²) in [5.74, 6) is -0.160. The molecule has 32 heavy (non-hydrogen) atoms. The minimum Gasteiger partial charge on any atom is -0.336 e. The molecule has 0 aromatic heterocycles. The van der Waals surface area contributed by atoms with Crippen LogP contribution in [-0.2, 0) is 22.9 Å². The highest BCUT2D eigenvalue weighted by Crippen LogP contribution is 2.33. The number of rotatable bonds is 4. The third-order valence-electron chi connectivity index (χ3n) is 6.53. The van der Waals surface area contributed by atoms with Crippen molar-refractivity contribution in [3.8, 4) is 0 Å². The van der Waals surface area contributed by atoms with Gasteiger partial charge in [-0.2, -0.15) is 4.31 Å². The minimum absolute atomic E-state index is 0.0524. The highest BCUT2D eigenvalue weighted by atomic mass is 32.2. The lowest BCUT2D eigenvalue weighted by Crippen LogP contribution is -2.50. The van der Waals surface area contributed by atoms with Crippen molar-refractivity contribution in [2.45, 2.75) is 24.7 Å². The Morgan fingerprint density at radius 3 is 2.12 bits per heavy atom. The molecular formula is C25H24N2O4S. The van der Waals surface area contributed by atoms with Crippen molar-refractivity contribution in [2.24, 2.45) is 0 Å². The van der Waals surface area contributed by atoms with Crippen molar-refractivity contribution in [1.82, 2.24) is 9.21 Å². The highest BCUT2D eigenvalue weighted by Gasteiger charge is 2.31. The summed E-state index contributed by atoms with van der Waals surface area (Å²) in [6.07, 6.45) is 2.02. The van der Waals surface area contributed by atoms with Gasteiger partial charge in [-0.15, -0.1) is 0 Å². The number of sulfonamides is 1. The van der Waals surface area contributed by atoms with Gasteiger partial charge in [0.25, 0.3) is 5.91 Å². The van der Waals surface area contributed by atoms with Gasteiger partial charge in [0.15, 0.2) is 5.78 Å². The van der Waals surface area contributed by atoms with Gasteiger partial charge in [-0.25, -0.2) is 8.42 Å². The number of ketones is 1. The van der Waals surface area contributed by atoms with Crippen molar-refractivity contribution in [3.05, 3.63) is 76.9 Å². The van der Waals surface area contributed by atoms with Crippen LogP contribution in [0.3, 0.4) is 0 Å². The van der Waals surface area contributed by atoms with E-state index in [2.05, 4.69) is 12.1 Å². The average Bonchev–Trinajstić information content (AvgIpc) is 3.24. The molecule has 5 rings (SSSR count). The van der Waals surface area contributed by atoms with Gasteiger partial charge in [-0.05, 0) is 59.9 Å². The monoisotopic (exact) mass is 448 g/mol. The minimum atomic E-state index is -3.67. The zero-order valence-corrected chi connectivity index (χ0v) is 18.7. The zero-order valence-electron chi connectivity index (χ0n) is 17.9. The van der Waals surface area contributed by atoms with Gasteiger partial charge in [0, 0.05) is 37.3 Å². The number of amides is 1. The quantitative estimate of drug-likeness (QED) is 0.574. The fourth-order valence-corrected chi connectivity index (χ4v) is 6.17. The van der Waals surface area contributed by atoms with E-state index in [-0.39, 0.29) is 29.7 Å². The Morgan fingerprint density at radius 2 is 1.47 bits per heavy atom. The van der Waals surface area contributed by atoms with E-state index in [0.717, 1.165) is 18.2 Å². The van der Waals surface area contributed by atoms with E-state index in [1.54, 1.807) is 4.90 Å². The summed E-state index contributed by atoms with van der Waals surface area (Å²) >= 11 is 0. The van der Waals surface area contributed by atoms with Crippen molar-refractivity contribution >= 4 is 32.5 Å². The predicted molar refractivity (Wildman–Crippen MR) is 122 cm³/mol. The third kappa shape index (κ3) is 3.42. The van der Waals surface area contributed by atoms with Crippen LogP contribution in [0.25, 0.3) is 10.8 Å². The molecule has 0 radical (unpaired) electrons. The molecule has 2 aliphatic rings. The first-order valence-corrected chi connectivity index (χ1v) is 12.2. The van der Waals surface area contributed by atoms with Crippen molar-refractivity contribution in [1.29, 1.82) is 0 Å². The molecule has 6 nitrogen and oxygen atoms in total. The van der Waals surface area contributed by atoms with Crippen LogP contribution in [-0.4, -0.2) is 55.5 Å². The van der Waals surface area contributed by atoms with E-state index < -0.39 is 10.0 Å². The molecule has 0 spiro atoms. The maximum Gasteiger partial charge on any atom is 0.254 e. The van der Waals surface area contributed by atoms with Gasteiger partial charge >= 0.3 is 0 Å². The second-order valence-electron chi connectivity index (χ2n) is 8.39. The smallest absolute Gasteiger partial charge is 0.254 e. The number of aryl methyl sites for hydroxylation is 2. The van der Waals surface area contributed by atoms with Crippen LogP contribution in [0.2, 0.25) is 0 Å². The number of carbonyl (C=O) groups excluding carboxylic acids is 2. The molecule has 0 bridgehead atoms. The lowest BCUT2D eigenvalue weighted by Gasteiger charge is -2.34. The van der Waals surface area contributed by atoms with Gasteiger partial charge in [0.05, 0.1) is 4.90 Å². The Kier molecular flexibility index (Phi) is 5.10. The summed E-state index contributed by atoms with van der Waals surface area (Å²) in [5.41, 5.74) is 3.74. The number of piperazine rings is 1. The molecule has 0 saturated carbocycles. The number of Topliss-reactive ketones (excluding diaryl/α,β-unsaturated/α-hetero) is 1. The van der Waals surface area contributed by atoms with Gasteiger partial charge < -0.3 is 4.90 Å². The number of carbonyl (C=O) groups is 2. The molecule has 1 fully saturated rings. The topological polar surface area (TPSA) is 74.8 Å². The first-order chi connectivity index (χ1) is 15.4. The SMILES string of the molecule is CC(=O)c1ccc(S(=O)(=O)N2CCN(C(=O)c3ccc4c5c(cccc35)CC4)CC2)cc1. The number of nitrogens with zero attached hydrogens (tertiary/aromatic N) is 2. The fraction of sp³-hybridized carbons (Fsp3) is 0.280. The first kappa shape index (κ1) is 20.8. The standard InChI is InChI=1S/C25H24N2O4S/c1-17(28)18-7-10-21(11-8-18)32(30,31)27-15-13-26(14-16-27)25(29)23-12-9-20-6-5-19-3-2-4-22(23)24(19)20/h2-4,7-12H,5-6,13-16H2,1H3. The lowest BCUT2D eigenvalue weighted by atomic mass is 9.99. The maximum absolute atomic E-state index is 13.3. The first-order valence-electron chi connectivity index (χ1n) is 10.8. The van der Waals surface area contributed by atoms with Crippen LogP contribution in [0, 0.1) is 0 Å². The molecule has 1 saturated heterocycles. The molecule has 3 aromatic rings. The molecule has 1 heterocycles. The van der Waals surface area contributed by atoms with Gasteiger partial charge in [-0.3, -0.25) is 9.59 Å². The van der Waals surface area contributed by atoms with Crippen LogP contribution in [0.5, 0.6) is 0 Å². The molecule has 1 aliphatic heterocycles. The van der Waals surface area contributed by atoms with Crippen LogP contribution >= 0.6 is 0 Å². The molecule has 0 N–H and O–H groups in total. The molecule has 1 aliphatic carbocycles. The maximum atomic E-state index is 13.3. The predicted octanol–water partition coefficient (Wildman–Crippen LogP) is 3.29. The number of hydrogen-bond acceptors (Lipinski definition) is 4. The van der Waals surface area contributed by atoms with Crippen LogP contribution in [0.4, 0.5) is 0 Å². The van der Waals surface area contributed by atoms with E-state index in [0.29, 0.717) is 24.2 Å². The van der Waals surface area contributed by atoms with Gasteiger partial charge in [-0.1, -0.05) is 36.4 Å². The van der Waals surface area contributed by atoms with E-state index in [1.807, 2.05) is 18.2 Å². The summed E-state index contributed by atoms with van der Waals surface area (Å²) in [7, 11) is -3.67. The average molecular weight is 449 g/mol. The summed E-state index contributed by atoms with van der Waals surface area (Å²) < 4.78 is 27.4. The third-order valence-corrected chi connectivity index (χ3v) is 8.44. The van der Waals surface area contributed by atoms with Gasteiger partial charge in [0.1, 0.15) is 0 Å². The van der Waals surface area contributed by atoms with E-state index in [9.17, 15) is 18.0 Å². The molecule has 7 heteroatoms. The Labute approximate surface area is 187 Å². The van der Waals surface area contributed by atoms with E-state index >= 15 is 0 Å². The normalized spacial score (nSPS) is 16.5. The Morgan fingerprint density at radius 1 is 0.812 bits per heavy atom. The van der Waals surface area contributed by atoms with Crippen LogP contribution in [0.1, 0.15) is 38.8 Å². The molecule has 0 atom stereocenters. The molecular weight excluding hydrogens is 424 g/mol. The largest absolute Gasteiger partial charge is 0.336 e. The second kappa shape index (κ2) is 7.83. The van der Waals surface area contributed by atoms with Crippen LogP contribution < -0.4 is 0 Å². The molecule has 0 unspecified atom stereocenters. The second-order valence-corrected chi connectivity index (χ2v) is 10.3. The van der Waals surface area contributed by atoms with E-state index in [1.165, 1.54) is 52.0 Å². The fourth-order valence-electron chi connectivity index (χ4n) is 4.75. The van der Waals surface area contributed by atoms with Crippen molar-refractivity contribution in [3.63, 3.8) is 0 Å². The van der Waals surface area contributed by atoms with Crippen LogP contribution in [0.15, 0.2) is 59.5 Å². The summed E-state index contributed by atoms with van der Waals surface area (Å²) in [6, 6.07) is 16.1. The number of benzene rings is 3. The summed E-state index contributed by atoms with van der Waals surface area (Å²) in [6.45, 7) is 2.61. The Balaban J connectivity index is 1.33. The molecule has 164 valence electrons.